The van der Waals surface area contributed by atoms with Crippen molar-refractivity contribution < 1.29 is 19.7 Å². The number of carbonyl (C=O) groups excluding carboxylic acids is 1. The Bertz CT molecular complexity index is 474. The Labute approximate surface area is 131 Å². The van der Waals surface area contributed by atoms with Crippen LogP contribution in [0.25, 0.3) is 0 Å². The number of benzene rings is 1. The number of aliphatic hydroxyl groups excluding tert-OH is 2. The molecule has 5 nitrogen and oxygen atoms in total. The molecule has 0 saturated carbocycles. The molecule has 1 aliphatic rings. The van der Waals surface area contributed by atoms with Gasteiger partial charge in [0.15, 0.2) is 0 Å². The summed E-state index contributed by atoms with van der Waals surface area (Å²) in [6.07, 6.45) is 2.49. The molecule has 1 fully saturated rings. The molecule has 2 N–H and O–H groups in total. The Hall–Kier alpha value is -1.59. The summed E-state index contributed by atoms with van der Waals surface area (Å²) in [5, 5.41) is 17.8. The molecule has 2 rings (SSSR count). The molecule has 0 aromatic heterocycles. The van der Waals surface area contributed by atoms with Crippen LogP contribution in [-0.2, 0) is 11.2 Å². The summed E-state index contributed by atoms with van der Waals surface area (Å²) in [5.74, 6) is 0. The first kappa shape index (κ1) is 16.8. The van der Waals surface area contributed by atoms with E-state index in [4.69, 9.17) is 14.9 Å². The van der Waals surface area contributed by atoms with E-state index in [1.807, 2.05) is 31.2 Å². The van der Waals surface area contributed by atoms with E-state index in [9.17, 15) is 4.79 Å². The Morgan fingerprint density at radius 2 is 2.00 bits per heavy atom. The van der Waals surface area contributed by atoms with Gasteiger partial charge in [0.2, 0.25) is 0 Å². The SMILES string of the molecule is CC(c1ccc(CCO)cc1)N1CCC(CCCO)OC1=O. The van der Waals surface area contributed by atoms with Gasteiger partial charge in [-0.3, -0.25) is 0 Å². The van der Waals surface area contributed by atoms with E-state index >= 15 is 0 Å². The fourth-order valence-electron chi connectivity index (χ4n) is 2.79. The highest BCUT2D eigenvalue weighted by atomic mass is 16.6. The third-order valence-corrected chi connectivity index (χ3v) is 4.21. The third-order valence-electron chi connectivity index (χ3n) is 4.21. The van der Waals surface area contributed by atoms with E-state index in [-0.39, 0.29) is 31.5 Å². The average Bonchev–Trinajstić information content (AvgIpc) is 2.53. The number of ether oxygens (including phenoxy) is 1. The molecular weight excluding hydrogens is 282 g/mol. The van der Waals surface area contributed by atoms with Gasteiger partial charge in [0.25, 0.3) is 0 Å². The molecule has 1 heterocycles. The summed E-state index contributed by atoms with van der Waals surface area (Å²) in [6, 6.07) is 7.94. The monoisotopic (exact) mass is 307 g/mol. The summed E-state index contributed by atoms with van der Waals surface area (Å²) in [4.78, 5) is 13.9. The van der Waals surface area contributed by atoms with Crippen LogP contribution in [0, 0.1) is 0 Å². The van der Waals surface area contributed by atoms with Crippen LogP contribution in [0.4, 0.5) is 4.79 Å². The maximum absolute atomic E-state index is 12.2. The number of hydrogen-bond acceptors (Lipinski definition) is 4. The van der Waals surface area contributed by atoms with Gasteiger partial charge >= 0.3 is 6.09 Å². The summed E-state index contributed by atoms with van der Waals surface area (Å²) >= 11 is 0. The highest BCUT2D eigenvalue weighted by Crippen LogP contribution is 2.26. The Balaban J connectivity index is 1.95. The molecule has 0 radical (unpaired) electrons. The van der Waals surface area contributed by atoms with Crippen LogP contribution in [-0.4, -0.2) is 47.1 Å². The van der Waals surface area contributed by atoms with Crippen LogP contribution in [0.1, 0.15) is 43.4 Å². The second-order valence-electron chi connectivity index (χ2n) is 5.74. The van der Waals surface area contributed by atoms with Crippen molar-refractivity contribution in [2.45, 2.75) is 44.8 Å². The maximum Gasteiger partial charge on any atom is 0.410 e. The molecule has 0 spiro atoms. The number of aliphatic hydroxyl groups is 2. The number of carbonyl (C=O) groups is 1. The van der Waals surface area contributed by atoms with Crippen molar-refractivity contribution in [3.63, 3.8) is 0 Å². The molecule has 2 unspecified atom stereocenters. The molecule has 0 aliphatic carbocycles. The predicted octanol–water partition coefficient (Wildman–Crippen LogP) is 2.27. The van der Waals surface area contributed by atoms with Crippen molar-refractivity contribution in [1.82, 2.24) is 4.90 Å². The number of cyclic esters (lactones) is 1. The number of nitrogens with zero attached hydrogens (tertiary/aromatic N) is 1. The molecule has 1 aromatic rings. The Morgan fingerprint density at radius 3 is 2.59 bits per heavy atom. The van der Waals surface area contributed by atoms with Gasteiger partial charge < -0.3 is 19.8 Å². The minimum absolute atomic E-state index is 0.0329. The van der Waals surface area contributed by atoms with E-state index in [2.05, 4.69) is 0 Å². The number of rotatable bonds is 7. The molecule has 22 heavy (non-hydrogen) atoms. The minimum atomic E-state index is -0.277. The van der Waals surface area contributed by atoms with Crippen molar-refractivity contribution in [2.24, 2.45) is 0 Å². The summed E-state index contributed by atoms with van der Waals surface area (Å²) < 4.78 is 5.45. The first-order valence-electron chi connectivity index (χ1n) is 7.93. The first-order valence-corrected chi connectivity index (χ1v) is 7.93. The largest absolute Gasteiger partial charge is 0.446 e. The lowest BCUT2D eigenvalue weighted by atomic mass is 10.0. The van der Waals surface area contributed by atoms with E-state index in [1.54, 1.807) is 4.90 Å². The zero-order valence-corrected chi connectivity index (χ0v) is 13.1. The standard InChI is InChI=1S/C17H25NO4/c1-13(15-6-4-14(5-7-15)9-12-20)18-10-8-16(3-2-11-19)22-17(18)21/h4-7,13,16,19-20H,2-3,8-12H2,1H3. The smallest absolute Gasteiger partial charge is 0.410 e. The van der Waals surface area contributed by atoms with Crippen molar-refractivity contribution in [2.75, 3.05) is 19.8 Å². The number of hydrogen-bond donors (Lipinski definition) is 2. The fourth-order valence-corrected chi connectivity index (χ4v) is 2.79. The fraction of sp³-hybridized carbons (Fsp3) is 0.588. The summed E-state index contributed by atoms with van der Waals surface area (Å²) in [5.41, 5.74) is 2.15. The quantitative estimate of drug-likeness (QED) is 0.810. The first-order chi connectivity index (χ1) is 10.7. The maximum atomic E-state index is 12.2. The molecule has 1 amide bonds. The van der Waals surface area contributed by atoms with Crippen LogP contribution in [0.3, 0.4) is 0 Å². The van der Waals surface area contributed by atoms with Crippen molar-refractivity contribution in [1.29, 1.82) is 0 Å². The van der Waals surface area contributed by atoms with E-state index in [0.29, 0.717) is 19.4 Å². The van der Waals surface area contributed by atoms with Crippen LogP contribution in [0.15, 0.2) is 24.3 Å². The molecule has 1 saturated heterocycles. The van der Waals surface area contributed by atoms with Crippen molar-refractivity contribution >= 4 is 6.09 Å². The zero-order chi connectivity index (χ0) is 15.9. The lowest BCUT2D eigenvalue weighted by molar-refractivity contribution is 0.00760. The van der Waals surface area contributed by atoms with Crippen LogP contribution in [0.2, 0.25) is 0 Å². The molecule has 0 bridgehead atoms. The van der Waals surface area contributed by atoms with Crippen LogP contribution in [0.5, 0.6) is 0 Å². The Morgan fingerprint density at radius 1 is 1.27 bits per heavy atom. The topological polar surface area (TPSA) is 70.0 Å². The van der Waals surface area contributed by atoms with Gasteiger partial charge in [0, 0.05) is 26.2 Å². The second-order valence-corrected chi connectivity index (χ2v) is 5.74. The zero-order valence-electron chi connectivity index (χ0n) is 13.1. The van der Waals surface area contributed by atoms with Gasteiger partial charge in [-0.25, -0.2) is 4.79 Å². The highest BCUT2D eigenvalue weighted by molar-refractivity contribution is 5.69. The van der Waals surface area contributed by atoms with Gasteiger partial charge in [0.05, 0.1) is 6.04 Å². The minimum Gasteiger partial charge on any atom is -0.446 e. The van der Waals surface area contributed by atoms with Gasteiger partial charge in [0.1, 0.15) is 6.10 Å². The van der Waals surface area contributed by atoms with Crippen LogP contribution < -0.4 is 0 Å². The van der Waals surface area contributed by atoms with Crippen LogP contribution >= 0.6 is 0 Å². The molecule has 5 heteroatoms. The third kappa shape index (κ3) is 4.21. The average molecular weight is 307 g/mol. The molecule has 1 aliphatic heterocycles. The van der Waals surface area contributed by atoms with E-state index in [1.165, 1.54) is 0 Å². The molecule has 122 valence electrons. The van der Waals surface area contributed by atoms with E-state index in [0.717, 1.165) is 24.0 Å². The highest BCUT2D eigenvalue weighted by Gasteiger charge is 2.30. The van der Waals surface area contributed by atoms with Gasteiger partial charge in [-0.05, 0) is 37.3 Å². The number of amides is 1. The van der Waals surface area contributed by atoms with E-state index < -0.39 is 0 Å². The normalized spacial score (nSPS) is 19.9. The van der Waals surface area contributed by atoms with Gasteiger partial charge in [-0.2, -0.15) is 0 Å². The lowest BCUT2D eigenvalue weighted by Gasteiger charge is -2.35. The summed E-state index contributed by atoms with van der Waals surface area (Å²) in [6.45, 7) is 2.95. The Kier molecular flexibility index (Phi) is 6.21. The van der Waals surface area contributed by atoms with Crippen molar-refractivity contribution in [3.05, 3.63) is 35.4 Å². The second kappa shape index (κ2) is 8.15. The predicted molar refractivity (Wildman–Crippen MR) is 83.6 cm³/mol. The van der Waals surface area contributed by atoms with Gasteiger partial charge in [-0.15, -0.1) is 0 Å². The molecular formula is C17H25NO4. The summed E-state index contributed by atoms with van der Waals surface area (Å²) in [7, 11) is 0. The van der Waals surface area contributed by atoms with Gasteiger partial charge in [-0.1, -0.05) is 24.3 Å². The molecule has 2 atom stereocenters. The lowest BCUT2D eigenvalue weighted by Crippen LogP contribution is -2.43. The molecule has 1 aromatic carbocycles. The van der Waals surface area contributed by atoms with Crippen molar-refractivity contribution in [3.8, 4) is 0 Å².